The maximum atomic E-state index is 9.90. The van der Waals surface area contributed by atoms with Crippen LogP contribution in [0.1, 0.15) is 44.1 Å². The number of hydrogen-bond donors (Lipinski definition) is 2. The van der Waals surface area contributed by atoms with Crippen LogP contribution in [0.15, 0.2) is 30.3 Å². The van der Waals surface area contributed by atoms with Gasteiger partial charge in [0.05, 0.1) is 12.1 Å². The van der Waals surface area contributed by atoms with E-state index in [4.69, 9.17) is 5.73 Å². The lowest BCUT2D eigenvalue weighted by atomic mass is 9.89. The van der Waals surface area contributed by atoms with E-state index in [1.54, 1.807) is 0 Å². The van der Waals surface area contributed by atoms with Crippen molar-refractivity contribution in [3.63, 3.8) is 0 Å². The fourth-order valence-corrected chi connectivity index (χ4v) is 4.29. The van der Waals surface area contributed by atoms with Gasteiger partial charge in [-0.05, 0) is 43.7 Å². The minimum atomic E-state index is -0.636. The molecule has 3 N–H and O–H groups in total. The zero-order valence-electron chi connectivity index (χ0n) is 12.9. The molecule has 3 rings (SSSR count). The smallest absolute Gasteiger partial charge is 0.0773 e. The molecule has 1 aliphatic carbocycles. The minimum Gasteiger partial charge on any atom is -0.394 e. The summed E-state index contributed by atoms with van der Waals surface area (Å²) in [6, 6.07) is 10.8. The van der Waals surface area contributed by atoms with Gasteiger partial charge in [-0.15, -0.1) is 0 Å². The number of aliphatic hydroxyl groups is 1. The van der Waals surface area contributed by atoms with Gasteiger partial charge in [-0.2, -0.15) is 0 Å². The molecule has 2 unspecified atom stereocenters. The molecule has 0 radical (unpaired) electrons. The highest BCUT2D eigenvalue weighted by Gasteiger charge is 2.38. The summed E-state index contributed by atoms with van der Waals surface area (Å²) in [6.07, 6.45) is 8.12. The molecular weight excluding hydrogens is 260 g/mol. The highest BCUT2D eigenvalue weighted by molar-refractivity contribution is 5.25. The number of benzene rings is 1. The van der Waals surface area contributed by atoms with Crippen molar-refractivity contribution in [2.45, 2.75) is 50.1 Å². The van der Waals surface area contributed by atoms with Gasteiger partial charge in [0.25, 0.3) is 0 Å². The summed E-state index contributed by atoms with van der Waals surface area (Å²) in [6.45, 7) is 1.91. The van der Waals surface area contributed by atoms with Crippen LogP contribution in [-0.4, -0.2) is 35.7 Å². The Balaban J connectivity index is 1.73. The van der Waals surface area contributed by atoms with Crippen LogP contribution < -0.4 is 5.73 Å². The maximum Gasteiger partial charge on any atom is 0.0773 e. The number of nitrogens with two attached hydrogens (primary N) is 1. The van der Waals surface area contributed by atoms with Gasteiger partial charge in [-0.25, -0.2) is 0 Å². The molecule has 116 valence electrons. The standard InChI is InChI=1S/C18H28N2O/c19-18(14-21,16-9-2-1-3-10-16)13-20-12-6-11-17(20)15-7-4-5-8-15/h1-3,9-10,15,17,21H,4-8,11-14,19H2. The molecule has 1 saturated heterocycles. The first kappa shape index (κ1) is 15.0. The lowest BCUT2D eigenvalue weighted by Gasteiger charge is -2.37. The highest BCUT2D eigenvalue weighted by Crippen LogP contribution is 2.36. The fraction of sp³-hybridized carbons (Fsp3) is 0.667. The Labute approximate surface area is 128 Å². The molecule has 21 heavy (non-hydrogen) atoms. The van der Waals surface area contributed by atoms with Gasteiger partial charge in [0.2, 0.25) is 0 Å². The molecular formula is C18H28N2O. The Hall–Kier alpha value is -0.900. The van der Waals surface area contributed by atoms with Gasteiger partial charge in [-0.1, -0.05) is 43.2 Å². The van der Waals surface area contributed by atoms with Crippen molar-refractivity contribution in [2.24, 2.45) is 11.7 Å². The van der Waals surface area contributed by atoms with Crippen LogP contribution >= 0.6 is 0 Å². The molecule has 1 heterocycles. The second-order valence-electron chi connectivity index (χ2n) is 6.90. The van der Waals surface area contributed by atoms with E-state index < -0.39 is 5.54 Å². The molecule has 2 fully saturated rings. The number of nitrogens with zero attached hydrogens (tertiary/aromatic N) is 1. The van der Waals surface area contributed by atoms with Gasteiger partial charge in [0.1, 0.15) is 0 Å². The zero-order chi connectivity index (χ0) is 14.7. The average molecular weight is 288 g/mol. The third-order valence-electron chi connectivity index (χ3n) is 5.47. The summed E-state index contributed by atoms with van der Waals surface area (Å²) in [5, 5.41) is 9.90. The Bertz CT molecular complexity index is 444. The van der Waals surface area contributed by atoms with E-state index in [1.807, 2.05) is 30.3 Å². The van der Waals surface area contributed by atoms with E-state index in [9.17, 15) is 5.11 Å². The topological polar surface area (TPSA) is 49.5 Å². The molecule has 1 aromatic rings. The van der Waals surface area contributed by atoms with Crippen molar-refractivity contribution in [3.8, 4) is 0 Å². The van der Waals surface area contributed by atoms with E-state index in [0.29, 0.717) is 6.04 Å². The molecule has 1 aliphatic heterocycles. The van der Waals surface area contributed by atoms with E-state index in [-0.39, 0.29) is 6.61 Å². The molecule has 2 aliphatic rings. The quantitative estimate of drug-likeness (QED) is 0.875. The van der Waals surface area contributed by atoms with Gasteiger partial charge in [-0.3, -0.25) is 4.90 Å². The largest absolute Gasteiger partial charge is 0.394 e. The molecule has 0 amide bonds. The van der Waals surface area contributed by atoms with Gasteiger partial charge in [0, 0.05) is 12.6 Å². The summed E-state index contributed by atoms with van der Waals surface area (Å²) >= 11 is 0. The van der Waals surface area contributed by atoms with Gasteiger partial charge >= 0.3 is 0 Å². The van der Waals surface area contributed by atoms with Crippen LogP contribution in [0.4, 0.5) is 0 Å². The van der Waals surface area contributed by atoms with Crippen molar-refractivity contribution in [1.29, 1.82) is 0 Å². The van der Waals surface area contributed by atoms with E-state index in [2.05, 4.69) is 4.90 Å². The zero-order valence-corrected chi connectivity index (χ0v) is 12.9. The Morgan fingerprint density at radius 1 is 1.10 bits per heavy atom. The molecule has 3 nitrogen and oxygen atoms in total. The first-order valence-electron chi connectivity index (χ1n) is 8.42. The summed E-state index contributed by atoms with van der Waals surface area (Å²) < 4.78 is 0. The first-order valence-corrected chi connectivity index (χ1v) is 8.42. The Morgan fingerprint density at radius 3 is 2.48 bits per heavy atom. The molecule has 1 saturated carbocycles. The normalized spacial score (nSPS) is 27.0. The number of aliphatic hydroxyl groups excluding tert-OH is 1. The predicted molar refractivity (Wildman–Crippen MR) is 85.9 cm³/mol. The van der Waals surface area contributed by atoms with Crippen molar-refractivity contribution in [1.82, 2.24) is 4.90 Å². The monoisotopic (exact) mass is 288 g/mol. The summed E-state index contributed by atoms with van der Waals surface area (Å²) in [4.78, 5) is 2.55. The van der Waals surface area contributed by atoms with Crippen LogP contribution in [0.2, 0.25) is 0 Å². The van der Waals surface area contributed by atoms with Crippen LogP contribution in [0.3, 0.4) is 0 Å². The van der Waals surface area contributed by atoms with Crippen molar-refractivity contribution in [3.05, 3.63) is 35.9 Å². The van der Waals surface area contributed by atoms with Crippen molar-refractivity contribution < 1.29 is 5.11 Å². The lowest BCUT2D eigenvalue weighted by molar-refractivity contribution is 0.109. The summed E-state index contributed by atoms with van der Waals surface area (Å²) in [5.41, 5.74) is 6.98. The van der Waals surface area contributed by atoms with Gasteiger partial charge in [0.15, 0.2) is 0 Å². The maximum absolute atomic E-state index is 9.90. The molecule has 1 aromatic carbocycles. The summed E-state index contributed by atoms with van der Waals surface area (Å²) in [5.74, 6) is 0.853. The summed E-state index contributed by atoms with van der Waals surface area (Å²) in [7, 11) is 0. The second kappa shape index (κ2) is 6.47. The Morgan fingerprint density at radius 2 is 1.81 bits per heavy atom. The fourth-order valence-electron chi connectivity index (χ4n) is 4.29. The van der Waals surface area contributed by atoms with Crippen LogP contribution in [-0.2, 0) is 5.54 Å². The molecule has 3 heteroatoms. The third kappa shape index (κ3) is 3.15. The molecule has 2 atom stereocenters. The number of rotatable bonds is 5. The van der Waals surface area contributed by atoms with E-state index in [1.165, 1.54) is 38.5 Å². The molecule has 0 bridgehead atoms. The second-order valence-corrected chi connectivity index (χ2v) is 6.90. The van der Waals surface area contributed by atoms with Crippen molar-refractivity contribution >= 4 is 0 Å². The third-order valence-corrected chi connectivity index (χ3v) is 5.47. The van der Waals surface area contributed by atoms with E-state index >= 15 is 0 Å². The first-order chi connectivity index (χ1) is 10.2. The Kier molecular flexibility index (Phi) is 4.63. The van der Waals surface area contributed by atoms with Crippen LogP contribution in [0.25, 0.3) is 0 Å². The van der Waals surface area contributed by atoms with E-state index in [0.717, 1.165) is 24.6 Å². The average Bonchev–Trinajstić information content (AvgIpc) is 3.18. The number of likely N-dealkylation sites (tertiary alicyclic amines) is 1. The van der Waals surface area contributed by atoms with Gasteiger partial charge < -0.3 is 10.8 Å². The predicted octanol–water partition coefficient (Wildman–Crippen LogP) is 2.49. The lowest BCUT2D eigenvalue weighted by Crippen LogP contribution is -2.52. The van der Waals surface area contributed by atoms with Crippen molar-refractivity contribution in [2.75, 3.05) is 19.7 Å². The SMILES string of the molecule is NC(CO)(CN1CCCC1C1CCCC1)c1ccccc1. The molecule has 0 aromatic heterocycles. The minimum absolute atomic E-state index is 0.00486. The highest BCUT2D eigenvalue weighted by atomic mass is 16.3. The number of hydrogen-bond acceptors (Lipinski definition) is 3. The molecule has 0 spiro atoms. The van der Waals surface area contributed by atoms with Crippen LogP contribution in [0.5, 0.6) is 0 Å². The van der Waals surface area contributed by atoms with Crippen LogP contribution in [0, 0.1) is 5.92 Å².